The molecule has 0 saturated heterocycles. The lowest BCUT2D eigenvalue weighted by molar-refractivity contribution is -0.388. The van der Waals surface area contributed by atoms with E-state index >= 15 is 0 Å². The first kappa shape index (κ1) is 23.0. The Balaban J connectivity index is 3.52. The Morgan fingerprint density at radius 1 is 1.29 bits per heavy atom. The maximum absolute atomic E-state index is 14.5. The Bertz CT molecular complexity index is 824. The number of unbranched alkanes of at least 4 members (excludes halogenated alkanes) is 1. The summed E-state index contributed by atoms with van der Waals surface area (Å²) in [5.74, 6) is -9.87. The predicted molar refractivity (Wildman–Crippen MR) is 95.0 cm³/mol. The number of Topliss-reactive ketones (excluding diaryl/α,β-unsaturated/α-hetero) is 1. The van der Waals surface area contributed by atoms with Gasteiger partial charge in [0.15, 0.2) is 17.5 Å². The zero-order chi connectivity index (χ0) is 21.4. The standard InChI is InChI=1S/C18H19F3N2O5/c1-4-6-8-28-18(25)11(9-22-7-5-2)17(24)12-13(19)10(3)14(20)15(21)16(12)23(26)27/h5,9,11H,2,4,6-8H2,1,3H3. The van der Waals surface area contributed by atoms with Gasteiger partial charge in [0.25, 0.3) is 0 Å². The molecule has 0 fully saturated rings. The number of rotatable bonds is 10. The molecule has 0 aliphatic rings. The smallest absolute Gasteiger partial charge is 0.322 e. The number of ketones is 1. The van der Waals surface area contributed by atoms with Crippen LogP contribution in [0.2, 0.25) is 0 Å². The number of carbonyl (C=O) groups excluding carboxylic acids is 2. The molecule has 152 valence electrons. The fourth-order valence-electron chi connectivity index (χ4n) is 2.20. The molecule has 0 spiro atoms. The van der Waals surface area contributed by atoms with E-state index in [0.29, 0.717) is 12.8 Å². The SMILES string of the molecule is C=CCN=CC(C(=O)OCCCC)C(=O)c1c(F)c(C)c(F)c(F)c1[N+](=O)[O-]. The van der Waals surface area contributed by atoms with Crippen LogP contribution in [0.3, 0.4) is 0 Å². The average molecular weight is 400 g/mol. The van der Waals surface area contributed by atoms with Crippen molar-refractivity contribution in [3.8, 4) is 0 Å². The van der Waals surface area contributed by atoms with Crippen LogP contribution in [0.25, 0.3) is 0 Å². The van der Waals surface area contributed by atoms with E-state index in [1.165, 1.54) is 6.08 Å². The number of carbonyl (C=O) groups is 2. The fourth-order valence-corrected chi connectivity index (χ4v) is 2.20. The number of nitro benzene ring substituents is 1. The summed E-state index contributed by atoms with van der Waals surface area (Å²) in [6, 6.07) is 0. The first-order valence-corrected chi connectivity index (χ1v) is 8.32. The second kappa shape index (κ2) is 10.3. The number of hydrogen-bond acceptors (Lipinski definition) is 6. The van der Waals surface area contributed by atoms with Crippen LogP contribution in [-0.4, -0.2) is 36.0 Å². The zero-order valence-electron chi connectivity index (χ0n) is 15.3. The average Bonchev–Trinajstić information content (AvgIpc) is 2.65. The molecule has 0 aromatic heterocycles. The lowest BCUT2D eigenvalue weighted by Crippen LogP contribution is -2.30. The third-order valence-corrected chi connectivity index (χ3v) is 3.71. The van der Waals surface area contributed by atoms with Crippen LogP contribution in [-0.2, 0) is 9.53 Å². The second-order valence-electron chi connectivity index (χ2n) is 5.71. The largest absolute Gasteiger partial charge is 0.465 e. The minimum absolute atomic E-state index is 0.00655. The third kappa shape index (κ3) is 5.02. The molecule has 1 aromatic carbocycles. The molecular formula is C18H19F3N2O5. The molecule has 0 N–H and O–H groups in total. The van der Waals surface area contributed by atoms with Crippen molar-refractivity contribution in [3.63, 3.8) is 0 Å². The lowest BCUT2D eigenvalue weighted by atomic mass is 9.94. The van der Waals surface area contributed by atoms with E-state index < -0.39 is 56.9 Å². The minimum Gasteiger partial charge on any atom is -0.465 e. The third-order valence-electron chi connectivity index (χ3n) is 3.71. The van der Waals surface area contributed by atoms with E-state index in [9.17, 15) is 32.9 Å². The van der Waals surface area contributed by atoms with Crippen LogP contribution < -0.4 is 0 Å². The number of benzene rings is 1. The maximum Gasteiger partial charge on any atom is 0.322 e. The molecule has 1 aromatic rings. The molecule has 1 rings (SSSR count). The summed E-state index contributed by atoms with van der Waals surface area (Å²) in [6.45, 7) is 5.98. The van der Waals surface area contributed by atoms with Crippen LogP contribution in [0.4, 0.5) is 18.9 Å². The summed E-state index contributed by atoms with van der Waals surface area (Å²) >= 11 is 0. The molecule has 0 radical (unpaired) electrons. The fraction of sp³-hybridized carbons (Fsp3) is 0.389. The Morgan fingerprint density at radius 2 is 1.93 bits per heavy atom. The van der Waals surface area contributed by atoms with Gasteiger partial charge in [-0.1, -0.05) is 19.4 Å². The highest BCUT2D eigenvalue weighted by Crippen LogP contribution is 2.32. The highest BCUT2D eigenvalue weighted by atomic mass is 19.2. The summed E-state index contributed by atoms with van der Waals surface area (Å²) < 4.78 is 47.1. The van der Waals surface area contributed by atoms with Gasteiger partial charge in [0, 0.05) is 11.8 Å². The number of nitro groups is 1. The van der Waals surface area contributed by atoms with Gasteiger partial charge in [0.1, 0.15) is 11.4 Å². The molecule has 0 saturated carbocycles. The maximum atomic E-state index is 14.5. The van der Waals surface area contributed by atoms with Crippen LogP contribution in [0, 0.1) is 40.4 Å². The monoisotopic (exact) mass is 400 g/mol. The Labute approximate surface area is 159 Å². The highest BCUT2D eigenvalue weighted by Gasteiger charge is 2.39. The van der Waals surface area contributed by atoms with Gasteiger partial charge in [-0.15, -0.1) is 6.58 Å². The topological polar surface area (TPSA) is 98.9 Å². The van der Waals surface area contributed by atoms with Crippen LogP contribution in [0.1, 0.15) is 35.7 Å². The summed E-state index contributed by atoms with van der Waals surface area (Å²) in [7, 11) is 0. The van der Waals surface area contributed by atoms with E-state index in [4.69, 9.17) is 4.74 Å². The zero-order valence-corrected chi connectivity index (χ0v) is 15.3. The lowest BCUT2D eigenvalue weighted by Gasteiger charge is -2.13. The Kier molecular flexibility index (Phi) is 8.49. The van der Waals surface area contributed by atoms with Crippen molar-refractivity contribution < 1.29 is 32.4 Å². The van der Waals surface area contributed by atoms with E-state index in [0.717, 1.165) is 13.1 Å². The second-order valence-corrected chi connectivity index (χ2v) is 5.71. The van der Waals surface area contributed by atoms with Crippen LogP contribution in [0.15, 0.2) is 17.6 Å². The van der Waals surface area contributed by atoms with Crippen molar-refractivity contribution in [2.24, 2.45) is 10.9 Å². The van der Waals surface area contributed by atoms with Gasteiger partial charge in [-0.3, -0.25) is 24.7 Å². The van der Waals surface area contributed by atoms with Crippen molar-refractivity contribution in [2.75, 3.05) is 13.2 Å². The molecule has 1 unspecified atom stereocenters. The summed E-state index contributed by atoms with van der Waals surface area (Å²) in [4.78, 5) is 38.4. The number of hydrogen-bond donors (Lipinski definition) is 0. The van der Waals surface area contributed by atoms with Gasteiger partial charge >= 0.3 is 11.7 Å². The van der Waals surface area contributed by atoms with Crippen molar-refractivity contribution in [1.82, 2.24) is 0 Å². The first-order chi connectivity index (χ1) is 13.2. The molecule has 0 amide bonds. The molecule has 10 heteroatoms. The van der Waals surface area contributed by atoms with Crippen molar-refractivity contribution in [2.45, 2.75) is 26.7 Å². The first-order valence-electron chi connectivity index (χ1n) is 8.32. The van der Waals surface area contributed by atoms with Crippen molar-refractivity contribution in [3.05, 3.63) is 51.3 Å². The Morgan fingerprint density at radius 3 is 2.46 bits per heavy atom. The van der Waals surface area contributed by atoms with Crippen molar-refractivity contribution >= 4 is 23.7 Å². The number of halogens is 3. The quantitative estimate of drug-likeness (QED) is 0.0686. The number of aliphatic imine (C=N–C) groups is 1. The predicted octanol–water partition coefficient (Wildman–Crippen LogP) is 3.72. The van der Waals surface area contributed by atoms with E-state index in [-0.39, 0.29) is 13.2 Å². The number of ether oxygens (including phenoxy) is 1. The normalized spacial score (nSPS) is 12.0. The van der Waals surface area contributed by atoms with E-state index in [1.54, 1.807) is 0 Å². The van der Waals surface area contributed by atoms with Gasteiger partial charge in [0.05, 0.1) is 18.1 Å². The van der Waals surface area contributed by atoms with Crippen LogP contribution in [0.5, 0.6) is 0 Å². The molecule has 28 heavy (non-hydrogen) atoms. The highest BCUT2D eigenvalue weighted by molar-refractivity contribution is 6.20. The molecule has 0 aliphatic heterocycles. The molecule has 7 nitrogen and oxygen atoms in total. The minimum atomic E-state index is -1.99. The van der Waals surface area contributed by atoms with Gasteiger partial charge in [-0.05, 0) is 13.3 Å². The van der Waals surface area contributed by atoms with E-state index in [1.807, 2.05) is 6.92 Å². The Hall–Kier alpha value is -3.04. The molecular weight excluding hydrogens is 381 g/mol. The molecule has 0 bridgehead atoms. The summed E-state index contributed by atoms with van der Waals surface area (Å²) in [5.41, 5.74) is -3.95. The summed E-state index contributed by atoms with van der Waals surface area (Å²) in [6.07, 6.45) is 3.32. The van der Waals surface area contributed by atoms with Gasteiger partial charge < -0.3 is 4.74 Å². The van der Waals surface area contributed by atoms with Gasteiger partial charge in [0.2, 0.25) is 5.82 Å². The molecule has 1 atom stereocenters. The van der Waals surface area contributed by atoms with Crippen molar-refractivity contribution in [1.29, 1.82) is 0 Å². The van der Waals surface area contributed by atoms with E-state index in [2.05, 4.69) is 11.6 Å². The summed E-state index contributed by atoms with van der Waals surface area (Å²) in [5, 5.41) is 11.1. The van der Waals surface area contributed by atoms with Gasteiger partial charge in [-0.25, -0.2) is 8.78 Å². The van der Waals surface area contributed by atoms with Gasteiger partial charge in [-0.2, -0.15) is 4.39 Å². The number of nitrogens with zero attached hydrogens (tertiary/aromatic N) is 2. The van der Waals surface area contributed by atoms with Crippen LogP contribution >= 0.6 is 0 Å². The molecule has 0 heterocycles. The molecule has 0 aliphatic carbocycles. The number of esters is 1.